The van der Waals surface area contributed by atoms with E-state index in [1.54, 1.807) is 13.8 Å². The topological polar surface area (TPSA) is 343 Å². The van der Waals surface area contributed by atoms with Crippen molar-refractivity contribution in [2.45, 2.75) is 253 Å². The van der Waals surface area contributed by atoms with Crippen molar-refractivity contribution in [2.24, 2.45) is 23.7 Å². The molecule has 3 rings (SSSR count). The van der Waals surface area contributed by atoms with Gasteiger partial charge in [-0.2, -0.15) is 0 Å². The van der Waals surface area contributed by atoms with Crippen LogP contribution >= 0.6 is 0 Å². The number of aliphatic hydroxyl groups is 1. The first-order chi connectivity index (χ1) is 38.7. The highest BCUT2D eigenvalue weighted by atomic mass is 16.3. The number of nitrogens with one attached hydrogen (secondary N) is 9. The second-order valence-corrected chi connectivity index (χ2v) is 26.9. The second-order valence-electron chi connectivity index (χ2n) is 26.9. The minimum absolute atomic E-state index is 0.0573. The van der Waals surface area contributed by atoms with E-state index in [1.807, 2.05) is 41.5 Å². The van der Waals surface area contributed by atoms with Crippen molar-refractivity contribution in [1.82, 2.24) is 62.6 Å². The van der Waals surface area contributed by atoms with Crippen molar-refractivity contribution in [3.8, 4) is 0 Å². The van der Waals surface area contributed by atoms with E-state index in [1.165, 1.54) is 83.9 Å². The van der Waals surface area contributed by atoms with E-state index in [0.29, 0.717) is 38.5 Å². The largest absolute Gasteiger partial charge is 0.394 e. The molecule has 0 aromatic heterocycles. The average Bonchev–Trinajstić information content (AvgIpc) is 4.05. The zero-order valence-corrected chi connectivity index (χ0v) is 53.3. The lowest BCUT2D eigenvalue weighted by atomic mass is 9.97. The van der Waals surface area contributed by atoms with Gasteiger partial charge in [0.15, 0.2) is 0 Å². The molecule has 0 aromatic carbocycles. The molecule has 3 fully saturated rings. The zero-order chi connectivity index (χ0) is 64.1. The summed E-state index contributed by atoms with van der Waals surface area (Å²) < 4.78 is 0. The fraction of sp³-hybridized carbons (Fsp3) is 0.797. The molecule has 476 valence electrons. The van der Waals surface area contributed by atoms with E-state index in [9.17, 15) is 62.6 Å². The van der Waals surface area contributed by atoms with Gasteiger partial charge in [-0.25, -0.2) is 0 Å². The van der Waals surface area contributed by atoms with Gasteiger partial charge in [0.1, 0.15) is 64.4 Å². The molecule has 3 heterocycles. The fourth-order valence-corrected chi connectivity index (χ4v) is 10.9. The Kier molecular flexibility index (Phi) is 25.8. The molecule has 0 spiro atoms. The molecule has 3 saturated heterocycles. The Morgan fingerprint density at radius 1 is 0.440 bits per heavy atom. The van der Waals surface area contributed by atoms with E-state index >= 15 is 0 Å². The number of aliphatic hydroxyl groups excluding tert-OH is 1. The monoisotopic (exact) mass is 1190 g/mol. The third-order valence-electron chi connectivity index (χ3n) is 15.4. The molecule has 12 amide bonds. The lowest BCUT2D eigenvalue weighted by Crippen LogP contribution is -2.65. The minimum atomic E-state index is -1.62. The van der Waals surface area contributed by atoms with Gasteiger partial charge in [0.2, 0.25) is 70.9 Å². The van der Waals surface area contributed by atoms with Gasteiger partial charge in [0.05, 0.1) is 12.6 Å². The van der Waals surface area contributed by atoms with E-state index in [-0.39, 0.29) is 69.2 Å². The van der Waals surface area contributed by atoms with Crippen LogP contribution in [-0.2, 0) is 57.5 Å². The summed E-state index contributed by atoms with van der Waals surface area (Å²) in [4.78, 5) is 169. The maximum Gasteiger partial charge on any atom is 0.248 e. The Bertz CT molecular complexity index is 2420. The van der Waals surface area contributed by atoms with Gasteiger partial charge in [-0.3, -0.25) is 57.5 Å². The molecule has 3 aliphatic rings. The number of nitrogens with zero attached hydrogens (tertiary/aromatic N) is 3. The first-order valence-corrected chi connectivity index (χ1v) is 30.0. The summed E-state index contributed by atoms with van der Waals surface area (Å²) in [5.74, 6) is -7.23. The Labute approximate surface area is 497 Å². The lowest BCUT2D eigenvalue weighted by Gasteiger charge is -2.36. The first kappa shape index (κ1) is 71.9. The molecular formula is C59H102N12O13. The van der Waals surface area contributed by atoms with Crippen molar-refractivity contribution < 1.29 is 62.6 Å². The van der Waals surface area contributed by atoms with E-state index < -0.39 is 141 Å². The summed E-state index contributed by atoms with van der Waals surface area (Å²) in [6.45, 7) is 29.8. The standard InChI is InChI=1S/C59H102N12O13/c1-32(2)28-38(31-72)62-51(80)44(35(7)8)64-49(78)42-23-20-26-70(42)53(82)57(13,14)65-45(74)36(9)60-48(77)41-22-19-25-69(41)54(83)58(15,16)67-47(76)40(30-34(5)6)63-52(81)56(11,12)68-50(79)43-24-21-27-71(43)55(84)59(17,18)66-46(75)39(29-33(3)4)61-37(10)73/h32-36,38-44,72H,19-31H2,1-18H3,(H,60,77)(H,61,73)(H,62,80)(H,63,81)(H,64,78)(H,65,74)(H,66,75)(H,67,76)(H,68,79)/t36-,38-,39-,40-,41-,42+,43+,44+/m0/s1. The molecule has 25 heteroatoms. The minimum Gasteiger partial charge on any atom is -0.394 e. The molecule has 0 aliphatic carbocycles. The third kappa shape index (κ3) is 19.8. The molecule has 0 saturated carbocycles. The lowest BCUT2D eigenvalue weighted by molar-refractivity contribution is -0.146. The predicted octanol–water partition coefficient (Wildman–Crippen LogP) is 0.789. The first-order valence-electron chi connectivity index (χ1n) is 30.0. The van der Waals surface area contributed by atoms with Gasteiger partial charge in [-0.05, 0) is 144 Å². The Hall–Kier alpha value is -6.40. The molecule has 84 heavy (non-hydrogen) atoms. The maximum atomic E-state index is 14.3. The summed E-state index contributed by atoms with van der Waals surface area (Å²) >= 11 is 0. The van der Waals surface area contributed by atoms with Crippen molar-refractivity contribution in [2.75, 3.05) is 26.2 Å². The van der Waals surface area contributed by atoms with Crippen LogP contribution in [0.15, 0.2) is 0 Å². The van der Waals surface area contributed by atoms with Gasteiger partial charge in [-0.15, -0.1) is 0 Å². The Morgan fingerprint density at radius 2 is 0.810 bits per heavy atom. The van der Waals surface area contributed by atoms with Crippen molar-refractivity contribution >= 4 is 70.9 Å². The van der Waals surface area contributed by atoms with Crippen LogP contribution in [0.25, 0.3) is 0 Å². The normalized spacial score (nSPS) is 19.5. The van der Waals surface area contributed by atoms with Gasteiger partial charge < -0.3 is 67.7 Å². The van der Waals surface area contributed by atoms with Crippen LogP contribution in [0.3, 0.4) is 0 Å². The van der Waals surface area contributed by atoms with Crippen LogP contribution in [0.5, 0.6) is 0 Å². The quantitative estimate of drug-likeness (QED) is 0.0519. The highest BCUT2D eigenvalue weighted by molar-refractivity contribution is 6.01. The number of likely N-dealkylation sites (tertiary alicyclic amines) is 3. The molecule has 0 unspecified atom stereocenters. The molecule has 0 radical (unpaired) electrons. The molecule has 8 atom stereocenters. The van der Waals surface area contributed by atoms with Crippen LogP contribution in [0.1, 0.15) is 182 Å². The molecule has 3 aliphatic heterocycles. The third-order valence-corrected chi connectivity index (χ3v) is 15.4. The summed E-state index contributed by atoms with van der Waals surface area (Å²) in [5, 5.41) is 34.5. The molecule has 25 nitrogen and oxygen atoms in total. The molecule has 10 N–H and O–H groups in total. The number of carbonyl (C=O) groups is 12. The molecule has 0 bridgehead atoms. The van der Waals surface area contributed by atoms with E-state index in [0.717, 1.165) is 0 Å². The second kappa shape index (κ2) is 30.1. The van der Waals surface area contributed by atoms with Gasteiger partial charge in [0.25, 0.3) is 0 Å². The van der Waals surface area contributed by atoms with Crippen molar-refractivity contribution in [1.29, 1.82) is 0 Å². The maximum absolute atomic E-state index is 14.3. The molecule has 0 aromatic rings. The summed E-state index contributed by atoms with van der Waals surface area (Å²) in [6.07, 6.45) is 3.23. The highest BCUT2D eigenvalue weighted by Gasteiger charge is 2.48. The predicted molar refractivity (Wildman–Crippen MR) is 314 cm³/mol. The number of amides is 12. The van der Waals surface area contributed by atoms with E-state index in [4.69, 9.17) is 0 Å². The van der Waals surface area contributed by atoms with Gasteiger partial charge in [0, 0.05) is 26.6 Å². The number of rotatable bonds is 28. The van der Waals surface area contributed by atoms with Crippen LogP contribution in [0.4, 0.5) is 0 Å². The van der Waals surface area contributed by atoms with Crippen LogP contribution in [0, 0.1) is 23.7 Å². The number of carbonyl (C=O) groups excluding carboxylic acids is 12. The Balaban J connectivity index is 1.66. The number of hydrogen-bond donors (Lipinski definition) is 10. The Morgan fingerprint density at radius 3 is 1.18 bits per heavy atom. The smallest absolute Gasteiger partial charge is 0.248 e. The summed E-state index contributed by atoms with van der Waals surface area (Å²) in [7, 11) is 0. The highest BCUT2D eigenvalue weighted by Crippen LogP contribution is 2.26. The summed E-state index contributed by atoms with van der Waals surface area (Å²) in [5.41, 5.74) is -6.27. The fourth-order valence-electron chi connectivity index (χ4n) is 10.9. The van der Waals surface area contributed by atoms with Crippen LogP contribution in [-0.4, -0.2) is 187 Å². The summed E-state index contributed by atoms with van der Waals surface area (Å²) in [6, 6.07) is -7.66. The molecular weight excluding hydrogens is 1080 g/mol. The van der Waals surface area contributed by atoms with Gasteiger partial charge >= 0.3 is 0 Å². The van der Waals surface area contributed by atoms with Crippen molar-refractivity contribution in [3.63, 3.8) is 0 Å². The number of hydrogen-bond acceptors (Lipinski definition) is 13. The van der Waals surface area contributed by atoms with Crippen molar-refractivity contribution in [3.05, 3.63) is 0 Å². The SMILES string of the molecule is CC(=O)N[C@@H](CC(C)C)C(=O)NC(C)(C)C(=O)N1CCC[C@@H]1C(=O)NC(C)(C)C(=O)N[C@@H](CC(C)C)C(=O)NC(C)(C)C(=O)N1CCC[C@H]1C(=O)N[C@@H](C)C(=O)NC(C)(C)C(=O)N1CCC[C@@H]1C(=O)N[C@@H](C(=O)N[C@H](CO)CC(C)C)C(C)C. The zero-order valence-electron chi connectivity index (χ0n) is 53.3. The van der Waals surface area contributed by atoms with Crippen LogP contribution in [0.2, 0.25) is 0 Å². The van der Waals surface area contributed by atoms with Crippen LogP contribution < -0.4 is 47.9 Å². The van der Waals surface area contributed by atoms with E-state index in [2.05, 4.69) is 47.9 Å². The average molecular weight is 1190 g/mol. The van der Waals surface area contributed by atoms with Gasteiger partial charge in [-0.1, -0.05) is 55.4 Å².